The van der Waals surface area contributed by atoms with E-state index in [0.717, 1.165) is 5.69 Å². The summed E-state index contributed by atoms with van der Waals surface area (Å²) in [6.45, 7) is 5.88. The van der Waals surface area contributed by atoms with Crippen molar-refractivity contribution in [2.45, 2.75) is 26.3 Å². The van der Waals surface area contributed by atoms with Crippen molar-refractivity contribution in [1.29, 1.82) is 0 Å². The predicted octanol–water partition coefficient (Wildman–Crippen LogP) is 3.27. The first kappa shape index (κ1) is 19.3. The van der Waals surface area contributed by atoms with Crippen molar-refractivity contribution in [3.63, 3.8) is 0 Å². The quantitative estimate of drug-likeness (QED) is 0.743. The number of carbonyl (C=O) groups excluding carboxylic acids is 2. The van der Waals surface area contributed by atoms with E-state index in [9.17, 15) is 9.59 Å². The topological polar surface area (TPSA) is 79.5 Å². The SMILES string of the molecule is COc1ccccc1NCC(=O)Nc1ccc(C(=O)NC(C)(C)C)cc1. The molecule has 0 aliphatic heterocycles. The fourth-order valence-corrected chi connectivity index (χ4v) is 2.29. The molecule has 6 heteroatoms. The third kappa shape index (κ3) is 5.81. The highest BCUT2D eigenvalue weighted by Crippen LogP contribution is 2.22. The van der Waals surface area contributed by atoms with Crippen molar-refractivity contribution in [2.75, 3.05) is 24.3 Å². The number of anilines is 2. The number of para-hydroxylation sites is 2. The van der Waals surface area contributed by atoms with Crippen LogP contribution in [0.4, 0.5) is 11.4 Å². The number of methoxy groups -OCH3 is 1. The Kier molecular flexibility index (Phi) is 6.22. The molecule has 0 radical (unpaired) electrons. The molecule has 0 aliphatic rings. The van der Waals surface area contributed by atoms with E-state index in [2.05, 4.69) is 16.0 Å². The largest absolute Gasteiger partial charge is 0.495 e. The summed E-state index contributed by atoms with van der Waals surface area (Å²) in [4.78, 5) is 24.2. The van der Waals surface area contributed by atoms with Crippen molar-refractivity contribution >= 4 is 23.2 Å². The normalized spacial score (nSPS) is 10.8. The van der Waals surface area contributed by atoms with Crippen LogP contribution in [0, 0.1) is 0 Å². The lowest BCUT2D eigenvalue weighted by Crippen LogP contribution is -2.40. The maximum atomic E-state index is 12.1. The Morgan fingerprint density at radius 2 is 1.65 bits per heavy atom. The number of ether oxygens (including phenoxy) is 1. The van der Waals surface area contributed by atoms with Crippen LogP contribution in [-0.4, -0.2) is 31.0 Å². The third-order valence-electron chi connectivity index (χ3n) is 3.47. The van der Waals surface area contributed by atoms with Gasteiger partial charge in [-0.1, -0.05) is 12.1 Å². The molecule has 6 nitrogen and oxygen atoms in total. The molecule has 0 atom stereocenters. The smallest absolute Gasteiger partial charge is 0.251 e. The van der Waals surface area contributed by atoms with Crippen LogP contribution in [0.1, 0.15) is 31.1 Å². The molecule has 0 saturated carbocycles. The monoisotopic (exact) mass is 355 g/mol. The minimum absolute atomic E-state index is 0.104. The van der Waals surface area contributed by atoms with Crippen molar-refractivity contribution in [1.82, 2.24) is 5.32 Å². The van der Waals surface area contributed by atoms with Gasteiger partial charge in [-0.3, -0.25) is 9.59 Å². The van der Waals surface area contributed by atoms with Crippen LogP contribution >= 0.6 is 0 Å². The second kappa shape index (κ2) is 8.38. The van der Waals surface area contributed by atoms with Crippen LogP contribution in [0.15, 0.2) is 48.5 Å². The summed E-state index contributed by atoms with van der Waals surface area (Å²) in [5.41, 5.74) is 1.63. The predicted molar refractivity (Wildman–Crippen MR) is 104 cm³/mol. The first-order valence-electron chi connectivity index (χ1n) is 8.38. The number of nitrogens with one attached hydrogen (secondary N) is 3. The fourth-order valence-electron chi connectivity index (χ4n) is 2.29. The summed E-state index contributed by atoms with van der Waals surface area (Å²) in [5, 5.41) is 8.73. The fraction of sp³-hybridized carbons (Fsp3) is 0.300. The van der Waals surface area contributed by atoms with Gasteiger partial charge in [0.1, 0.15) is 5.75 Å². The van der Waals surface area contributed by atoms with E-state index < -0.39 is 0 Å². The zero-order chi connectivity index (χ0) is 19.2. The molecule has 26 heavy (non-hydrogen) atoms. The number of benzene rings is 2. The van der Waals surface area contributed by atoms with Crippen LogP contribution in [-0.2, 0) is 4.79 Å². The van der Waals surface area contributed by atoms with Gasteiger partial charge in [-0.15, -0.1) is 0 Å². The van der Waals surface area contributed by atoms with Crippen LogP contribution < -0.4 is 20.7 Å². The van der Waals surface area contributed by atoms with E-state index in [1.165, 1.54) is 0 Å². The van der Waals surface area contributed by atoms with Gasteiger partial charge in [0.15, 0.2) is 0 Å². The third-order valence-corrected chi connectivity index (χ3v) is 3.47. The molecule has 3 N–H and O–H groups in total. The van der Waals surface area contributed by atoms with E-state index in [-0.39, 0.29) is 23.9 Å². The molecule has 0 aliphatic carbocycles. The van der Waals surface area contributed by atoms with Crippen LogP contribution in [0.5, 0.6) is 5.75 Å². The Morgan fingerprint density at radius 1 is 1.00 bits per heavy atom. The maximum absolute atomic E-state index is 12.1. The Morgan fingerprint density at radius 3 is 2.27 bits per heavy atom. The molecule has 2 aromatic rings. The number of hydrogen-bond acceptors (Lipinski definition) is 4. The Bertz CT molecular complexity index is 765. The Hall–Kier alpha value is -3.02. The van der Waals surface area contributed by atoms with Gasteiger partial charge in [0, 0.05) is 16.8 Å². The van der Waals surface area contributed by atoms with Crippen molar-refractivity contribution in [3.05, 3.63) is 54.1 Å². The zero-order valence-corrected chi connectivity index (χ0v) is 15.6. The highest BCUT2D eigenvalue weighted by atomic mass is 16.5. The minimum atomic E-state index is -0.297. The molecule has 0 bridgehead atoms. The molecular weight excluding hydrogens is 330 g/mol. The lowest BCUT2D eigenvalue weighted by atomic mass is 10.1. The highest BCUT2D eigenvalue weighted by Gasteiger charge is 2.15. The number of hydrogen-bond donors (Lipinski definition) is 3. The average molecular weight is 355 g/mol. The summed E-state index contributed by atoms with van der Waals surface area (Å²) in [6, 6.07) is 14.2. The van der Waals surface area contributed by atoms with Crippen molar-refractivity contribution in [3.8, 4) is 5.75 Å². The van der Waals surface area contributed by atoms with E-state index in [1.807, 2.05) is 45.0 Å². The molecule has 0 saturated heterocycles. The Balaban J connectivity index is 1.90. The number of amides is 2. The standard InChI is InChI=1S/C20H25N3O3/c1-20(2,3)23-19(25)14-9-11-15(12-10-14)22-18(24)13-21-16-7-5-6-8-17(16)26-4/h5-12,21H,13H2,1-4H3,(H,22,24)(H,23,25). The molecule has 0 unspecified atom stereocenters. The van der Waals surface area contributed by atoms with E-state index >= 15 is 0 Å². The minimum Gasteiger partial charge on any atom is -0.495 e. The van der Waals surface area contributed by atoms with E-state index in [1.54, 1.807) is 31.4 Å². The van der Waals surface area contributed by atoms with Gasteiger partial charge in [0.05, 0.1) is 19.3 Å². The molecule has 2 rings (SSSR count). The second-order valence-electron chi connectivity index (χ2n) is 6.88. The molecule has 2 amide bonds. The first-order valence-corrected chi connectivity index (χ1v) is 8.38. The van der Waals surface area contributed by atoms with Gasteiger partial charge in [-0.2, -0.15) is 0 Å². The highest BCUT2D eigenvalue weighted by molar-refractivity contribution is 5.97. The molecule has 0 spiro atoms. The zero-order valence-electron chi connectivity index (χ0n) is 15.6. The summed E-state index contributed by atoms with van der Waals surface area (Å²) < 4.78 is 5.23. The second-order valence-corrected chi connectivity index (χ2v) is 6.88. The molecule has 0 heterocycles. The number of rotatable bonds is 6. The average Bonchev–Trinajstić information content (AvgIpc) is 2.59. The van der Waals surface area contributed by atoms with E-state index in [4.69, 9.17) is 4.74 Å². The molecule has 2 aromatic carbocycles. The first-order chi connectivity index (χ1) is 12.3. The lowest BCUT2D eigenvalue weighted by molar-refractivity contribution is -0.114. The van der Waals surface area contributed by atoms with Gasteiger partial charge in [-0.05, 0) is 57.2 Å². The molecule has 138 valence electrons. The van der Waals surface area contributed by atoms with E-state index in [0.29, 0.717) is 17.0 Å². The maximum Gasteiger partial charge on any atom is 0.251 e. The van der Waals surface area contributed by atoms with Gasteiger partial charge in [0.25, 0.3) is 5.91 Å². The van der Waals surface area contributed by atoms with Crippen molar-refractivity contribution in [2.24, 2.45) is 0 Å². The number of carbonyl (C=O) groups is 2. The molecular formula is C20H25N3O3. The van der Waals surface area contributed by atoms with Gasteiger partial charge in [-0.25, -0.2) is 0 Å². The summed E-state index contributed by atoms with van der Waals surface area (Å²) in [7, 11) is 1.58. The molecule has 0 fully saturated rings. The molecule has 0 aromatic heterocycles. The van der Waals surface area contributed by atoms with Crippen LogP contribution in [0.25, 0.3) is 0 Å². The summed E-state index contributed by atoms with van der Waals surface area (Å²) in [5.74, 6) is 0.338. The van der Waals surface area contributed by atoms with Crippen LogP contribution in [0.2, 0.25) is 0 Å². The Labute approximate surface area is 153 Å². The summed E-state index contributed by atoms with van der Waals surface area (Å²) >= 11 is 0. The van der Waals surface area contributed by atoms with Gasteiger partial charge in [0.2, 0.25) is 5.91 Å². The van der Waals surface area contributed by atoms with Gasteiger partial charge >= 0.3 is 0 Å². The lowest BCUT2D eigenvalue weighted by Gasteiger charge is -2.20. The van der Waals surface area contributed by atoms with Crippen molar-refractivity contribution < 1.29 is 14.3 Å². The van der Waals surface area contributed by atoms with Gasteiger partial charge < -0.3 is 20.7 Å². The van der Waals surface area contributed by atoms with Crippen LogP contribution in [0.3, 0.4) is 0 Å². The summed E-state index contributed by atoms with van der Waals surface area (Å²) in [6.07, 6.45) is 0.